The summed E-state index contributed by atoms with van der Waals surface area (Å²) >= 11 is 0. The molecule has 0 fully saturated rings. The Morgan fingerprint density at radius 1 is 1.17 bits per heavy atom. The predicted molar refractivity (Wildman–Crippen MR) is 87.0 cm³/mol. The molecular formula is C16H12N4O3. The van der Waals surface area contributed by atoms with E-state index in [9.17, 15) is 14.9 Å². The van der Waals surface area contributed by atoms with Gasteiger partial charge in [0, 0.05) is 17.7 Å². The molecule has 23 heavy (non-hydrogen) atoms. The number of carbonyl (C=O) groups is 1. The average molecular weight is 308 g/mol. The van der Waals surface area contributed by atoms with Crippen molar-refractivity contribution >= 4 is 29.2 Å². The summed E-state index contributed by atoms with van der Waals surface area (Å²) in [6.07, 6.45) is 1.44. The Morgan fingerprint density at radius 3 is 2.61 bits per heavy atom. The van der Waals surface area contributed by atoms with E-state index >= 15 is 0 Å². The summed E-state index contributed by atoms with van der Waals surface area (Å²) in [5, 5.41) is 21.2. The molecule has 0 bridgehead atoms. The highest BCUT2D eigenvalue weighted by Gasteiger charge is 2.25. The monoisotopic (exact) mass is 308 g/mol. The van der Waals surface area contributed by atoms with E-state index in [2.05, 4.69) is 15.5 Å². The fraction of sp³-hybridized carbons (Fsp3) is 0.0625. The van der Waals surface area contributed by atoms with Gasteiger partial charge in [-0.3, -0.25) is 14.9 Å². The lowest BCUT2D eigenvalue weighted by molar-refractivity contribution is -0.384. The zero-order chi connectivity index (χ0) is 16.4. The Bertz CT molecular complexity index is 854. The number of fused-ring (bicyclic) bond motifs is 1. The molecule has 0 aliphatic carbocycles. The maximum atomic E-state index is 11.9. The molecule has 0 unspecified atom stereocenters. The van der Waals surface area contributed by atoms with Crippen LogP contribution in [0.15, 0.2) is 52.7 Å². The summed E-state index contributed by atoms with van der Waals surface area (Å²) in [6, 6.07) is 11.5. The smallest absolute Gasteiger partial charge is 0.276 e. The van der Waals surface area contributed by atoms with Crippen molar-refractivity contribution in [3.8, 4) is 0 Å². The van der Waals surface area contributed by atoms with Crippen molar-refractivity contribution in [1.82, 2.24) is 0 Å². The summed E-state index contributed by atoms with van der Waals surface area (Å²) in [5.74, 6) is -0.300. The van der Waals surface area contributed by atoms with Crippen LogP contribution in [-0.4, -0.2) is 22.8 Å². The molecule has 2 aromatic rings. The third kappa shape index (κ3) is 2.98. The van der Waals surface area contributed by atoms with Crippen LogP contribution in [0.5, 0.6) is 0 Å². The molecular weight excluding hydrogens is 296 g/mol. The molecule has 2 aromatic carbocycles. The first-order chi connectivity index (χ1) is 11.0. The summed E-state index contributed by atoms with van der Waals surface area (Å²) < 4.78 is 0. The molecule has 3 rings (SSSR count). The molecule has 0 saturated carbocycles. The van der Waals surface area contributed by atoms with Crippen LogP contribution < -0.4 is 5.32 Å². The standard InChI is InChI=1S/C16H12N4O3/c1-10-2-7-14-13(8-10)15(16(21)18-14)19-17-9-11-3-5-12(6-4-11)20(22)23/h2-9H,1H3,(H,18,19,21)/b17-9-. The Balaban J connectivity index is 1.84. The van der Waals surface area contributed by atoms with Gasteiger partial charge in [-0.05, 0) is 36.8 Å². The van der Waals surface area contributed by atoms with E-state index in [4.69, 9.17) is 0 Å². The van der Waals surface area contributed by atoms with Crippen molar-refractivity contribution in [3.63, 3.8) is 0 Å². The van der Waals surface area contributed by atoms with E-state index in [-0.39, 0.29) is 17.3 Å². The van der Waals surface area contributed by atoms with Gasteiger partial charge >= 0.3 is 0 Å². The average Bonchev–Trinajstić information content (AvgIpc) is 2.83. The van der Waals surface area contributed by atoms with Crippen LogP contribution in [0.3, 0.4) is 0 Å². The Hall–Kier alpha value is -3.35. The molecule has 1 heterocycles. The van der Waals surface area contributed by atoms with Crippen LogP contribution in [0.4, 0.5) is 11.4 Å². The number of nitro benzene ring substituents is 1. The van der Waals surface area contributed by atoms with E-state index in [1.54, 1.807) is 12.1 Å². The van der Waals surface area contributed by atoms with Crippen molar-refractivity contribution in [2.45, 2.75) is 6.92 Å². The molecule has 1 N–H and O–H groups in total. The van der Waals surface area contributed by atoms with Gasteiger partial charge in [0.05, 0.1) is 16.8 Å². The van der Waals surface area contributed by atoms with Crippen molar-refractivity contribution in [2.75, 3.05) is 5.32 Å². The number of anilines is 1. The molecule has 0 spiro atoms. The van der Waals surface area contributed by atoms with Crippen LogP contribution in [0.1, 0.15) is 16.7 Å². The maximum Gasteiger partial charge on any atom is 0.276 e. The number of amides is 1. The van der Waals surface area contributed by atoms with E-state index in [0.29, 0.717) is 11.3 Å². The van der Waals surface area contributed by atoms with Gasteiger partial charge in [0.25, 0.3) is 11.6 Å². The van der Waals surface area contributed by atoms with Gasteiger partial charge < -0.3 is 5.32 Å². The minimum absolute atomic E-state index is 0.00744. The van der Waals surface area contributed by atoms with E-state index in [0.717, 1.165) is 11.1 Å². The molecule has 7 nitrogen and oxygen atoms in total. The molecule has 0 atom stereocenters. The maximum absolute atomic E-state index is 11.9. The second kappa shape index (κ2) is 5.80. The number of non-ortho nitro benzene ring substituents is 1. The van der Waals surface area contributed by atoms with E-state index in [1.165, 1.54) is 18.3 Å². The normalized spacial score (nSPS) is 15.0. The number of hydrogen-bond acceptors (Lipinski definition) is 5. The second-order valence-electron chi connectivity index (χ2n) is 5.04. The van der Waals surface area contributed by atoms with Crippen molar-refractivity contribution < 1.29 is 9.72 Å². The van der Waals surface area contributed by atoms with Crippen LogP contribution >= 0.6 is 0 Å². The van der Waals surface area contributed by atoms with Crippen molar-refractivity contribution in [2.24, 2.45) is 10.2 Å². The van der Waals surface area contributed by atoms with Crippen LogP contribution in [0.2, 0.25) is 0 Å². The summed E-state index contributed by atoms with van der Waals surface area (Å²) in [6.45, 7) is 1.93. The number of benzene rings is 2. The highest BCUT2D eigenvalue weighted by molar-refractivity contribution is 6.53. The van der Waals surface area contributed by atoms with Gasteiger partial charge in [0.2, 0.25) is 0 Å². The van der Waals surface area contributed by atoms with Crippen molar-refractivity contribution in [1.29, 1.82) is 0 Å². The fourth-order valence-corrected chi connectivity index (χ4v) is 2.20. The lowest BCUT2D eigenvalue weighted by Gasteiger charge is -1.97. The predicted octanol–water partition coefficient (Wildman–Crippen LogP) is 2.68. The first-order valence-electron chi connectivity index (χ1n) is 6.82. The molecule has 0 aromatic heterocycles. The largest absolute Gasteiger partial charge is 0.320 e. The van der Waals surface area contributed by atoms with Gasteiger partial charge in [-0.1, -0.05) is 11.6 Å². The highest BCUT2D eigenvalue weighted by atomic mass is 16.6. The van der Waals surface area contributed by atoms with Gasteiger partial charge in [-0.2, -0.15) is 5.10 Å². The SMILES string of the molecule is Cc1ccc2c(c1)/C(=N/N=C\c1ccc([N+](=O)[O-])cc1)C(=O)N2. The first-order valence-corrected chi connectivity index (χ1v) is 6.82. The van der Waals surface area contributed by atoms with Crippen LogP contribution in [0, 0.1) is 17.0 Å². The Labute approximate surface area is 131 Å². The lowest BCUT2D eigenvalue weighted by Crippen LogP contribution is -2.13. The molecule has 1 aliphatic rings. The second-order valence-corrected chi connectivity index (χ2v) is 5.04. The molecule has 7 heteroatoms. The zero-order valence-electron chi connectivity index (χ0n) is 12.2. The number of rotatable bonds is 3. The van der Waals surface area contributed by atoms with Gasteiger partial charge in [-0.15, -0.1) is 5.10 Å². The molecule has 1 amide bonds. The third-order valence-electron chi connectivity index (χ3n) is 3.36. The minimum atomic E-state index is -0.469. The van der Waals surface area contributed by atoms with Gasteiger partial charge in [0.15, 0.2) is 5.71 Å². The first kappa shape index (κ1) is 14.6. The van der Waals surface area contributed by atoms with Crippen LogP contribution in [0.25, 0.3) is 0 Å². The number of nitro groups is 1. The van der Waals surface area contributed by atoms with Gasteiger partial charge in [0.1, 0.15) is 0 Å². The summed E-state index contributed by atoms with van der Waals surface area (Å²) in [5.41, 5.74) is 3.37. The zero-order valence-corrected chi connectivity index (χ0v) is 12.2. The lowest BCUT2D eigenvalue weighted by atomic mass is 10.1. The number of nitrogens with one attached hydrogen (secondary N) is 1. The third-order valence-corrected chi connectivity index (χ3v) is 3.36. The molecule has 0 saturated heterocycles. The molecule has 0 radical (unpaired) electrons. The Morgan fingerprint density at radius 2 is 1.91 bits per heavy atom. The molecule has 114 valence electrons. The van der Waals surface area contributed by atoms with E-state index in [1.807, 2.05) is 25.1 Å². The minimum Gasteiger partial charge on any atom is -0.320 e. The van der Waals surface area contributed by atoms with Crippen LogP contribution in [-0.2, 0) is 4.79 Å². The quantitative estimate of drug-likeness (QED) is 0.536. The molecule has 1 aliphatic heterocycles. The number of nitrogens with zero attached hydrogens (tertiary/aromatic N) is 3. The fourth-order valence-electron chi connectivity index (χ4n) is 2.20. The highest BCUT2D eigenvalue weighted by Crippen LogP contribution is 2.24. The Kier molecular flexibility index (Phi) is 3.68. The number of aryl methyl sites for hydroxylation is 1. The van der Waals surface area contributed by atoms with Crippen molar-refractivity contribution in [3.05, 3.63) is 69.3 Å². The number of carbonyl (C=O) groups excluding carboxylic acids is 1. The summed E-state index contributed by atoms with van der Waals surface area (Å²) in [4.78, 5) is 22.0. The topological polar surface area (TPSA) is 97.0 Å². The summed E-state index contributed by atoms with van der Waals surface area (Å²) in [7, 11) is 0. The van der Waals surface area contributed by atoms with E-state index < -0.39 is 4.92 Å². The number of hydrogen-bond donors (Lipinski definition) is 1. The van der Waals surface area contributed by atoms with Gasteiger partial charge in [-0.25, -0.2) is 0 Å².